The van der Waals surface area contributed by atoms with E-state index in [0.717, 1.165) is 0 Å². The van der Waals surface area contributed by atoms with E-state index in [2.05, 4.69) is 9.97 Å². The molecule has 0 atom stereocenters. The van der Waals surface area contributed by atoms with E-state index in [0.29, 0.717) is 28.2 Å². The first-order valence-electron chi connectivity index (χ1n) is 8.24. The molecule has 0 aliphatic heterocycles. The number of fused-ring (bicyclic) bond motifs is 1. The highest BCUT2D eigenvalue weighted by Crippen LogP contribution is 2.32. The Kier molecular flexibility index (Phi) is 4.34. The Morgan fingerprint density at radius 3 is 2.46 bits per heavy atom. The number of carbonyl (C=O) groups is 1. The topological polar surface area (TPSA) is 72.4 Å². The zero-order chi connectivity index (χ0) is 19.8. The summed E-state index contributed by atoms with van der Waals surface area (Å²) in [4.78, 5) is 19.7. The molecule has 4 aromatic rings. The lowest BCUT2D eigenvalue weighted by Gasteiger charge is -2.11. The van der Waals surface area contributed by atoms with E-state index in [1.807, 2.05) is 0 Å². The van der Waals surface area contributed by atoms with Gasteiger partial charge in [-0.25, -0.2) is 27.9 Å². The number of benzene rings is 1. The van der Waals surface area contributed by atoms with Crippen molar-refractivity contribution in [3.63, 3.8) is 0 Å². The fourth-order valence-corrected chi connectivity index (χ4v) is 3.07. The Labute approximate surface area is 156 Å². The zero-order valence-corrected chi connectivity index (χ0v) is 14.3. The van der Waals surface area contributed by atoms with Crippen LogP contribution in [0, 0.1) is 5.82 Å². The van der Waals surface area contributed by atoms with Crippen LogP contribution in [0.1, 0.15) is 10.5 Å². The smallest absolute Gasteiger partial charge is 0.354 e. The number of nitrogens with zero attached hydrogens (tertiary/aromatic N) is 4. The molecule has 0 amide bonds. The van der Waals surface area contributed by atoms with Crippen molar-refractivity contribution in [1.29, 1.82) is 0 Å². The number of hydrogen-bond donors (Lipinski definition) is 1. The van der Waals surface area contributed by atoms with Crippen LogP contribution in [0.4, 0.5) is 13.2 Å². The van der Waals surface area contributed by atoms with Crippen molar-refractivity contribution < 1.29 is 23.1 Å². The average molecular weight is 386 g/mol. The average Bonchev–Trinajstić information content (AvgIpc) is 3.25. The maximum Gasteiger partial charge on any atom is 0.354 e. The van der Waals surface area contributed by atoms with E-state index in [1.165, 1.54) is 52.0 Å². The van der Waals surface area contributed by atoms with Crippen LogP contribution in [-0.2, 0) is 6.54 Å². The van der Waals surface area contributed by atoms with E-state index < -0.39 is 24.8 Å². The molecule has 1 aromatic carbocycles. The van der Waals surface area contributed by atoms with Gasteiger partial charge >= 0.3 is 5.97 Å². The summed E-state index contributed by atoms with van der Waals surface area (Å²) in [6.45, 7) is -0.586. The fourth-order valence-electron chi connectivity index (χ4n) is 3.07. The molecule has 0 aliphatic carbocycles. The van der Waals surface area contributed by atoms with Crippen molar-refractivity contribution in [2.24, 2.45) is 0 Å². The van der Waals surface area contributed by atoms with Crippen LogP contribution < -0.4 is 0 Å². The van der Waals surface area contributed by atoms with Crippen molar-refractivity contribution in [2.75, 3.05) is 0 Å². The second-order valence-electron chi connectivity index (χ2n) is 6.09. The molecule has 0 saturated carbocycles. The highest BCUT2D eigenvalue weighted by molar-refractivity contribution is 5.87. The molecule has 142 valence electrons. The number of aromatic nitrogens is 4. The molecule has 6 nitrogen and oxygen atoms in total. The number of imidazole rings is 2. The number of rotatable bonds is 5. The highest BCUT2D eigenvalue weighted by Gasteiger charge is 2.19. The molecule has 9 heteroatoms. The van der Waals surface area contributed by atoms with Crippen LogP contribution in [0.5, 0.6) is 0 Å². The molecule has 3 heterocycles. The Morgan fingerprint density at radius 1 is 1.07 bits per heavy atom. The van der Waals surface area contributed by atoms with Gasteiger partial charge in [-0.1, -0.05) is 0 Å². The van der Waals surface area contributed by atoms with Gasteiger partial charge in [0.25, 0.3) is 6.43 Å². The minimum atomic E-state index is -2.61. The van der Waals surface area contributed by atoms with E-state index in [1.54, 1.807) is 12.1 Å². The summed E-state index contributed by atoms with van der Waals surface area (Å²) in [5.41, 5.74) is 2.14. The summed E-state index contributed by atoms with van der Waals surface area (Å²) >= 11 is 0. The quantitative estimate of drug-likeness (QED) is 0.563. The van der Waals surface area contributed by atoms with Gasteiger partial charge in [-0.2, -0.15) is 0 Å². The molecule has 0 fully saturated rings. The first kappa shape index (κ1) is 17.8. The molecule has 4 rings (SSSR count). The highest BCUT2D eigenvalue weighted by atomic mass is 19.3. The lowest BCUT2D eigenvalue weighted by molar-refractivity contribution is 0.0689. The van der Waals surface area contributed by atoms with Gasteiger partial charge in [0.1, 0.15) is 11.5 Å². The third kappa shape index (κ3) is 3.11. The standard InChI is InChI=1S/C19H13F3N4O2/c20-13-4-1-11(2-5-13)17-18(25(10-24-17)9-15(21)22)12-3-6-16-23-7-14(19(27)28)26(16)8-12/h1-8,10,15H,9H2,(H,27,28). The van der Waals surface area contributed by atoms with Gasteiger partial charge in [0.15, 0.2) is 5.69 Å². The largest absolute Gasteiger partial charge is 0.477 e. The number of hydrogen-bond acceptors (Lipinski definition) is 3. The van der Waals surface area contributed by atoms with E-state index >= 15 is 0 Å². The number of aromatic carboxylic acids is 1. The third-order valence-corrected chi connectivity index (χ3v) is 4.29. The van der Waals surface area contributed by atoms with Crippen molar-refractivity contribution in [3.05, 3.63) is 66.6 Å². The number of halogens is 3. The molecule has 28 heavy (non-hydrogen) atoms. The Hall–Kier alpha value is -3.62. The first-order chi connectivity index (χ1) is 13.4. The number of pyridine rings is 1. The van der Waals surface area contributed by atoms with Crippen LogP contribution in [0.15, 0.2) is 55.1 Å². The normalized spacial score (nSPS) is 11.4. The van der Waals surface area contributed by atoms with Crippen molar-refractivity contribution in [3.8, 4) is 22.5 Å². The van der Waals surface area contributed by atoms with Gasteiger partial charge in [-0.3, -0.25) is 4.40 Å². The van der Waals surface area contributed by atoms with Gasteiger partial charge in [-0.05, 0) is 36.4 Å². The van der Waals surface area contributed by atoms with Crippen LogP contribution in [0.25, 0.3) is 28.2 Å². The van der Waals surface area contributed by atoms with Crippen LogP contribution in [0.3, 0.4) is 0 Å². The third-order valence-electron chi connectivity index (χ3n) is 4.29. The van der Waals surface area contributed by atoms with Gasteiger partial charge in [0.05, 0.1) is 30.5 Å². The summed E-state index contributed by atoms with van der Waals surface area (Å²) in [5.74, 6) is -1.59. The van der Waals surface area contributed by atoms with Crippen molar-refractivity contribution in [2.45, 2.75) is 13.0 Å². The minimum Gasteiger partial charge on any atom is -0.477 e. The second-order valence-corrected chi connectivity index (χ2v) is 6.09. The predicted octanol–water partition coefficient (Wildman–Crippen LogP) is 3.97. The SMILES string of the molecule is O=C(O)c1cnc2ccc(-c3c(-c4ccc(F)cc4)ncn3CC(F)F)cn12. The number of alkyl halides is 2. The number of carboxylic acid groups (broad SMARTS) is 1. The first-order valence-corrected chi connectivity index (χ1v) is 8.24. The predicted molar refractivity (Wildman–Crippen MR) is 94.8 cm³/mol. The van der Waals surface area contributed by atoms with Crippen molar-refractivity contribution in [1.82, 2.24) is 18.9 Å². The van der Waals surface area contributed by atoms with Gasteiger partial charge in [0.2, 0.25) is 0 Å². The molecule has 0 spiro atoms. The molecule has 0 bridgehead atoms. The Morgan fingerprint density at radius 2 is 1.79 bits per heavy atom. The maximum absolute atomic E-state index is 13.3. The summed E-state index contributed by atoms with van der Waals surface area (Å²) in [6, 6.07) is 8.77. The molecule has 0 aliphatic rings. The van der Waals surface area contributed by atoms with Crippen LogP contribution in [-0.4, -0.2) is 36.4 Å². The Bertz CT molecular complexity index is 1170. The molecule has 0 radical (unpaired) electrons. The summed E-state index contributed by atoms with van der Waals surface area (Å²) < 4.78 is 42.1. The minimum absolute atomic E-state index is 0.0555. The summed E-state index contributed by atoms with van der Waals surface area (Å²) in [7, 11) is 0. The van der Waals surface area contributed by atoms with E-state index in [9.17, 15) is 23.1 Å². The summed E-state index contributed by atoms with van der Waals surface area (Å²) in [6.07, 6.45) is 1.41. The maximum atomic E-state index is 13.3. The van der Waals surface area contributed by atoms with Crippen LogP contribution >= 0.6 is 0 Å². The molecule has 1 N–H and O–H groups in total. The lowest BCUT2D eigenvalue weighted by atomic mass is 10.1. The second kappa shape index (κ2) is 6.84. The molecular formula is C19H13F3N4O2. The van der Waals surface area contributed by atoms with Crippen molar-refractivity contribution >= 4 is 11.6 Å². The van der Waals surface area contributed by atoms with E-state index in [-0.39, 0.29) is 5.69 Å². The molecule has 0 unspecified atom stereocenters. The van der Waals surface area contributed by atoms with E-state index in [4.69, 9.17) is 0 Å². The Balaban J connectivity index is 1.93. The zero-order valence-electron chi connectivity index (χ0n) is 14.3. The number of carboxylic acids is 1. The molecule has 0 saturated heterocycles. The molecular weight excluding hydrogens is 373 g/mol. The van der Waals surface area contributed by atoms with Gasteiger partial charge in [0, 0.05) is 17.3 Å². The molecule has 3 aromatic heterocycles. The summed E-state index contributed by atoms with van der Waals surface area (Å²) in [5, 5.41) is 9.31. The van der Waals surface area contributed by atoms with Crippen LogP contribution in [0.2, 0.25) is 0 Å². The fraction of sp³-hybridized carbons (Fsp3) is 0.105. The van der Waals surface area contributed by atoms with Gasteiger partial charge < -0.3 is 9.67 Å². The monoisotopic (exact) mass is 386 g/mol. The lowest BCUT2D eigenvalue weighted by Crippen LogP contribution is -2.08. The van der Waals surface area contributed by atoms with Gasteiger partial charge in [-0.15, -0.1) is 0 Å².